The highest BCUT2D eigenvalue weighted by Crippen LogP contribution is 2.35. The van der Waals surface area contributed by atoms with Crippen molar-refractivity contribution in [2.24, 2.45) is 7.05 Å². The average Bonchev–Trinajstić information content (AvgIpc) is 3.21. The van der Waals surface area contributed by atoms with Crippen LogP contribution in [0.2, 0.25) is 5.02 Å². The van der Waals surface area contributed by atoms with Crippen molar-refractivity contribution in [2.75, 3.05) is 31.1 Å². The van der Waals surface area contributed by atoms with E-state index in [1.165, 1.54) is 18.3 Å². The molecule has 184 valence electrons. The summed E-state index contributed by atoms with van der Waals surface area (Å²) in [6.45, 7) is 3.90. The topological polar surface area (TPSA) is 80.0 Å². The third-order valence-corrected chi connectivity index (χ3v) is 6.39. The molecule has 1 aromatic carbocycles. The molecule has 0 saturated carbocycles. The van der Waals surface area contributed by atoms with Crippen molar-refractivity contribution in [2.45, 2.75) is 6.92 Å². The summed E-state index contributed by atoms with van der Waals surface area (Å²) in [5.41, 5.74) is 2.56. The molecule has 0 unspecified atom stereocenters. The van der Waals surface area contributed by atoms with Gasteiger partial charge >= 0.3 is 0 Å². The van der Waals surface area contributed by atoms with Gasteiger partial charge in [0.05, 0.1) is 22.6 Å². The lowest BCUT2D eigenvalue weighted by Crippen LogP contribution is -2.49. The fourth-order valence-electron chi connectivity index (χ4n) is 4.28. The third kappa shape index (κ3) is 4.51. The van der Waals surface area contributed by atoms with Crippen LogP contribution in [0, 0.1) is 18.6 Å². The summed E-state index contributed by atoms with van der Waals surface area (Å²) in [6.07, 6.45) is 4.59. The molecule has 36 heavy (non-hydrogen) atoms. The van der Waals surface area contributed by atoms with E-state index in [4.69, 9.17) is 16.6 Å². The molecule has 1 fully saturated rings. The largest absolute Gasteiger partial charge is 0.352 e. The first-order valence-electron chi connectivity index (χ1n) is 11.3. The highest BCUT2D eigenvalue weighted by atomic mass is 35.5. The molecule has 1 aliphatic rings. The standard InChI is InChI=1S/C25H22ClF2N7O/c1-15-11-21(33(2)32-15)25(36)35-9-7-34(8-10-35)22-14-30-23(18-4-3-16(27)12-20(18)28)24(31-22)17-5-6-29-13-19(17)26/h3-6,11-14H,7-10H2,1-2H3. The Morgan fingerprint density at radius 2 is 1.78 bits per heavy atom. The van der Waals surface area contributed by atoms with Gasteiger partial charge in [-0.2, -0.15) is 5.10 Å². The van der Waals surface area contributed by atoms with Gasteiger partial charge < -0.3 is 9.80 Å². The number of amides is 1. The van der Waals surface area contributed by atoms with Gasteiger partial charge in [0.2, 0.25) is 0 Å². The van der Waals surface area contributed by atoms with E-state index in [9.17, 15) is 13.6 Å². The van der Waals surface area contributed by atoms with Crippen LogP contribution in [-0.2, 0) is 7.05 Å². The summed E-state index contributed by atoms with van der Waals surface area (Å²) < 4.78 is 29.8. The van der Waals surface area contributed by atoms with Crippen molar-refractivity contribution in [3.8, 4) is 22.5 Å². The summed E-state index contributed by atoms with van der Waals surface area (Å²) in [7, 11) is 1.75. The lowest BCUT2D eigenvalue weighted by Gasteiger charge is -2.35. The molecule has 0 radical (unpaired) electrons. The predicted molar refractivity (Wildman–Crippen MR) is 132 cm³/mol. The van der Waals surface area contributed by atoms with E-state index in [-0.39, 0.29) is 17.2 Å². The van der Waals surface area contributed by atoms with Crippen molar-refractivity contribution in [1.82, 2.24) is 29.6 Å². The van der Waals surface area contributed by atoms with E-state index in [0.717, 1.165) is 11.8 Å². The molecule has 0 atom stereocenters. The second kappa shape index (κ2) is 9.62. The number of pyridine rings is 1. The van der Waals surface area contributed by atoms with E-state index in [1.54, 1.807) is 41.2 Å². The SMILES string of the molecule is Cc1cc(C(=O)N2CCN(c3cnc(-c4ccc(F)cc4F)c(-c4ccncc4Cl)n3)CC2)n(C)n1. The van der Waals surface area contributed by atoms with Crippen LogP contribution in [0.1, 0.15) is 16.2 Å². The summed E-state index contributed by atoms with van der Waals surface area (Å²) >= 11 is 6.40. The van der Waals surface area contributed by atoms with Gasteiger partial charge in [0.25, 0.3) is 5.91 Å². The monoisotopic (exact) mass is 509 g/mol. The number of carbonyl (C=O) groups is 1. The Balaban J connectivity index is 1.45. The first kappa shape index (κ1) is 23.8. The van der Waals surface area contributed by atoms with Crippen LogP contribution in [0.5, 0.6) is 0 Å². The van der Waals surface area contributed by atoms with E-state index < -0.39 is 11.6 Å². The van der Waals surface area contributed by atoms with Crippen molar-refractivity contribution >= 4 is 23.3 Å². The van der Waals surface area contributed by atoms with Gasteiger partial charge in [-0.1, -0.05) is 11.6 Å². The molecule has 0 bridgehead atoms. The number of hydrogen-bond acceptors (Lipinski definition) is 6. The molecule has 0 N–H and O–H groups in total. The van der Waals surface area contributed by atoms with Gasteiger partial charge in [0.1, 0.15) is 28.8 Å². The molecule has 11 heteroatoms. The number of carbonyl (C=O) groups excluding carboxylic acids is 1. The van der Waals surface area contributed by atoms with E-state index >= 15 is 0 Å². The zero-order chi connectivity index (χ0) is 25.4. The minimum Gasteiger partial charge on any atom is -0.352 e. The van der Waals surface area contributed by atoms with Crippen LogP contribution in [0.25, 0.3) is 22.5 Å². The van der Waals surface area contributed by atoms with Crippen molar-refractivity contribution in [3.63, 3.8) is 0 Å². The molecule has 0 spiro atoms. The van der Waals surface area contributed by atoms with E-state index in [2.05, 4.69) is 15.1 Å². The van der Waals surface area contributed by atoms with Crippen LogP contribution in [-0.4, -0.2) is 61.7 Å². The van der Waals surface area contributed by atoms with Crippen LogP contribution < -0.4 is 4.90 Å². The molecular formula is C25H22ClF2N7O. The molecular weight excluding hydrogens is 488 g/mol. The van der Waals surface area contributed by atoms with Gasteiger partial charge in [-0.3, -0.25) is 14.5 Å². The molecule has 0 aliphatic carbocycles. The number of aryl methyl sites for hydroxylation is 2. The molecule has 3 aromatic heterocycles. The van der Waals surface area contributed by atoms with Crippen molar-refractivity contribution in [1.29, 1.82) is 0 Å². The summed E-state index contributed by atoms with van der Waals surface area (Å²) in [5, 5.41) is 4.59. The maximum absolute atomic E-state index is 14.7. The summed E-state index contributed by atoms with van der Waals surface area (Å²) in [4.78, 5) is 30.0. The lowest BCUT2D eigenvalue weighted by atomic mass is 10.0. The Morgan fingerprint density at radius 3 is 2.44 bits per heavy atom. The molecule has 4 aromatic rings. The second-order valence-electron chi connectivity index (χ2n) is 8.48. The summed E-state index contributed by atoms with van der Waals surface area (Å²) in [5.74, 6) is -0.943. The number of piperazine rings is 1. The molecule has 5 rings (SSSR count). The van der Waals surface area contributed by atoms with Gasteiger partial charge in [-0.05, 0) is 31.2 Å². The Kier molecular flexibility index (Phi) is 6.36. The lowest BCUT2D eigenvalue weighted by molar-refractivity contribution is 0.0735. The zero-order valence-corrected chi connectivity index (χ0v) is 20.4. The van der Waals surface area contributed by atoms with Crippen LogP contribution in [0.3, 0.4) is 0 Å². The number of halogens is 3. The Labute approximate surface area is 211 Å². The Morgan fingerprint density at radius 1 is 1.00 bits per heavy atom. The second-order valence-corrected chi connectivity index (χ2v) is 8.89. The number of benzene rings is 1. The van der Waals surface area contributed by atoms with Gasteiger partial charge in [-0.15, -0.1) is 0 Å². The Hall–Kier alpha value is -3.92. The smallest absolute Gasteiger partial charge is 0.272 e. The molecule has 1 amide bonds. The number of aromatic nitrogens is 5. The summed E-state index contributed by atoms with van der Waals surface area (Å²) in [6, 6.07) is 6.76. The number of anilines is 1. The zero-order valence-electron chi connectivity index (χ0n) is 19.6. The van der Waals surface area contributed by atoms with E-state index in [1.807, 2.05) is 11.8 Å². The van der Waals surface area contributed by atoms with Gasteiger partial charge in [-0.25, -0.2) is 18.7 Å². The first-order valence-corrected chi connectivity index (χ1v) is 11.7. The highest BCUT2D eigenvalue weighted by Gasteiger charge is 2.26. The van der Waals surface area contributed by atoms with Crippen LogP contribution in [0.15, 0.2) is 48.9 Å². The quantitative estimate of drug-likeness (QED) is 0.411. The maximum atomic E-state index is 14.7. The fraction of sp³-hybridized carbons (Fsp3) is 0.240. The molecule has 4 heterocycles. The van der Waals surface area contributed by atoms with Gasteiger partial charge in [0, 0.05) is 62.8 Å². The highest BCUT2D eigenvalue weighted by molar-refractivity contribution is 6.33. The third-order valence-electron chi connectivity index (χ3n) is 6.09. The number of rotatable bonds is 4. The van der Waals surface area contributed by atoms with E-state index in [0.29, 0.717) is 54.0 Å². The average molecular weight is 510 g/mol. The van der Waals surface area contributed by atoms with Crippen molar-refractivity contribution < 1.29 is 13.6 Å². The predicted octanol–water partition coefficient (Wildman–Crippen LogP) is 4.14. The van der Waals surface area contributed by atoms with Crippen molar-refractivity contribution in [3.05, 3.63) is 77.0 Å². The first-order chi connectivity index (χ1) is 17.3. The minimum absolute atomic E-state index is 0.0739. The number of nitrogens with zero attached hydrogens (tertiary/aromatic N) is 7. The fourth-order valence-corrected chi connectivity index (χ4v) is 4.49. The Bertz CT molecular complexity index is 1450. The normalized spacial score (nSPS) is 13.8. The maximum Gasteiger partial charge on any atom is 0.272 e. The molecule has 1 saturated heterocycles. The molecule has 1 aliphatic heterocycles. The van der Waals surface area contributed by atoms with Crippen LogP contribution >= 0.6 is 11.6 Å². The molecule has 8 nitrogen and oxygen atoms in total. The number of hydrogen-bond donors (Lipinski definition) is 0. The van der Waals surface area contributed by atoms with Gasteiger partial charge in [0.15, 0.2) is 0 Å². The van der Waals surface area contributed by atoms with Crippen LogP contribution in [0.4, 0.5) is 14.6 Å². The minimum atomic E-state index is -0.749.